The first-order chi connectivity index (χ1) is 14.0. The first kappa shape index (κ1) is 20.3. The summed E-state index contributed by atoms with van der Waals surface area (Å²) in [6, 6.07) is 14.5. The molecule has 0 saturated carbocycles. The maximum Gasteiger partial charge on any atom is 0.255 e. The average Bonchev–Trinajstić information content (AvgIpc) is 3.13. The van der Waals surface area contributed by atoms with Gasteiger partial charge in [-0.15, -0.1) is 0 Å². The summed E-state index contributed by atoms with van der Waals surface area (Å²) >= 11 is 0. The number of hydrogen-bond donors (Lipinski definition) is 2. The van der Waals surface area contributed by atoms with Gasteiger partial charge in [0.25, 0.3) is 11.8 Å². The number of imidazole rings is 1. The molecule has 1 heterocycles. The first-order valence-electron chi connectivity index (χ1n) is 9.76. The fourth-order valence-electron chi connectivity index (χ4n) is 2.92. The van der Waals surface area contributed by atoms with Crippen molar-refractivity contribution in [1.29, 1.82) is 0 Å². The molecule has 3 aromatic rings. The normalized spacial score (nSPS) is 11.7. The Bertz CT molecular complexity index is 992. The number of carbonyl (C=O) groups excluding carboxylic acids is 2. The Hall–Kier alpha value is -3.41. The molecule has 150 valence electrons. The lowest BCUT2D eigenvalue weighted by molar-refractivity contribution is 0.0940. The van der Waals surface area contributed by atoms with Gasteiger partial charge in [-0.3, -0.25) is 9.59 Å². The van der Waals surface area contributed by atoms with E-state index in [1.807, 2.05) is 43.7 Å². The molecule has 0 spiro atoms. The van der Waals surface area contributed by atoms with Crippen LogP contribution in [0.5, 0.6) is 0 Å². The minimum absolute atomic E-state index is 0.0675. The van der Waals surface area contributed by atoms with E-state index in [9.17, 15) is 9.59 Å². The van der Waals surface area contributed by atoms with Gasteiger partial charge < -0.3 is 15.2 Å². The van der Waals surface area contributed by atoms with Crippen molar-refractivity contribution in [3.05, 3.63) is 83.4 Å². The van der Waals surface area contributed by atoms with E-state index in [4.69, 9.17) is 0 Å². The maximum atomic E-state index is 12.7. The SMILES string of the molecule is CC[C@@H](C)NC(=O)c1ccccc1NC(=O)c1ccc(Cn2ccnc2C)cc1. The molecule has 6 heteroatoms. The second kappa shape index (κ2) is 9.19. The Morgan fingerprint density at radius 1 is 1.07 bits per heavy atom. The Labute approximate surface area is 171 Å². The molecule has 6 nitrogen and oxygen atoms in total. The van der Waals surface area contributed by atoms with Gasteiger partial charge >= 0.3 is 0 Å². The van der Waals surface area contributed by atoms with Gasteiger partial charge in [0, 0.05) is 30.5 Å². The van der Waals surface area contributed by atoms with Gasteiger partial charge in [-0.05, 0) is 50.1 Å². The molecule has 1 atom stereocenters. The van der Waals surface area contributed by atoms with Crippen molar-refractivity contribution in [2.24, 2.45) is 0 Å². The van der Waals surface area contributed by atoms with Crippen molar-refractivity contribution in [3.8, 4) is 0 Å². The molecular weight excluding hydrogens is 364 g/mol. The summed E-state index contributed by atoms with van der Waals surface area (Å²) in [6.45, 7) is 6.62. The molecule has 0 aliphatic carbocycles. The van der Waals surface area contributed by atoms with Crippen LogP contribution in [0.15, 0.2) is 60.9 Å². The maximum absolute atomic E-state index is 12.7. The van der Waals surface area contributed by atoms with E-state index in [1.54, 1.807) is 42.6 Å². The molecule has 0 bridgehead atoms. The van der Waals surface area contributed by atoms with Crippen molar-refractivity contribution in [3.63, 3.8) is 0 Å². The molecule has 2 aromatic carbocycles. The number of hydrogen-bond acceptors (Lipinski definition) is 3. The van der Waals surface area contributed by atoms with E-state index in [2.05, 4.69) is 15.6 Å². The zero-order chi connectivity index (χ0) is 20.8. The van der Waals surface area contributed by atoms with Crippen LogP contribution in [-0.2, 0) is 6.54 Å². The Kier molecular flexibility index (Phi) is 6.44. The van der Waals surface area contributed by atoms with E-state index in [-0.39, 0.29) is 17.9 Å². The largest absolute Gasteiger partial charge is 0.350 e. The lowest BCUT2D eigenvalue weighted by Gasteiger charge is -2.15. The average molecular weight is 390 g/mol. The Balaban J connectivity index is 1.70. The number of nitrogens with one attached hydrogen (secondary N) is 2. The summed E-state index contributed by atoms with van der Waals surface area (Å²) in [6.07, 6.45) is 4.54. The highest BCUT2D eigenvalue weighted by Crippen LogP contribution is 2.17. The number of amides is 2. The molecule has 0 radical (unpaired) electrons. The summed E-state index contributed by atoms with van der Waals surface area (Å²) in [5.41, 5.74) is 2.56. The van der Waals surface area contributed by atoms with Gasteiger partial charge in [-0.25, -0.2) is 4.98 Å². The van der Waals surface area contributed by atoms with Crippen molar-refractivity contribution >= 4 is 17.5 Å². The highest BCUT2D eigenvalue weighted by molar-refractivity contribution is 6.09. The minimum atomic E-state index is -0.251. The van der Waals surface area contributed by atoms with Gasteiger partial charge in [0.2, 0.25) is 0 Å². The topological polar surface area (TPSA) is 76.0 Å². The van der Waals surface area contributed by atoms with E-state index in [1.165, 1.54) is 0 Å². The minimum Gasteiger partial charge on any atom is -0.350 e. The van der Waals surface area contributed by atoms with Crippen LogP contribution in [0.25, 0.3) is 0 Å². The van der Waals surface area contributed by atoms with E-state index >= 15 is 0 Å². The number of para-hydroxylation sites is 1. The number of nitrogens with zero attached hydrogens (tertiary/aromatic N) is 2. The van der Waals surface area contributed by atoms with Crippen LogP contribution in [0.1, 0.15) is 52.4 Å². The van der Waals surface area contributed by atoms with Crippen LogP contribution >= 0.6 is 0 Å². The highest BCUT2D eigenvalue weighted by Gasteiger charge is 2.15. The van der Waals surface area contributed by atoms with E-state index in [0.29, 0.717) is 23.4 Å². The third kappa shape index (κ3) is 5.10. The summed E-state index contributed by atoms with van der Waals surface area (Å²) in [4.78, 5) is 29.4. The van der Waals surface area contributed by atoms with Crippen LogP contribution in [0.3, 0.4) is 0 Å². The molecule has 2 N–H and O–H groups in total. The van der Waals surface area contributed by atoms with Crippen molar-refractivity contribution in [2.45, 2.75) is 39.8 Å². The standard InChI is InChI=1S/C23H26N4O2/c1-4-16(2)25-23(29)20-7-5-6-8-21(20)26-22(28)19-11-9-18(10-12-19)15-27-14-13-24-17(27)3/h5-14,16H,4,15H2,1-3H3,(H,25,29)(H,26,28)/t16-/m1/s1. The fourth-order valence-corrected chi connectivity index (χ4v) is 2.92. The molecule has 0 aliphatic heterocycles. The predicted octanol–water partition coefficient (Wildman–Crippen LogP) is 4.02. The van der Waals surface area contributed by atoms with Crippen LogP contribution in [0.4, 0.5) is 5.69 Å². The number of anilines is 1. The summed E-state index contributed by atoms with van der Waals surface area (Å²) < 4.78 is 2.04. The van der Waals surface area contributed by atoms with Crippen molar-refractivity contribution in [2.75, 3.05) is 5.32 Å². The zero-order valence-electron chi connectivity index (χ0n) is 17.0. The third-order valence-electron chi connectivity index (χ3n) is 4.90. The number of rotatable bonds is 7. The summed E-state index contributed by atoms with van der Waals surface area (Å²) in [7, 11) is 0. The number of aromatic nitrogens is 2. The predicted molar refractivity (Wildman–Crippen MR) is 114 cm³/mol. The van der Waals surface area contributed by atoms with Gasteiger partial charge in [0.1, 0.15) is 5.82 Å². The molecule has 1 aromatic heterocycles. The quantitative estimate of drug-likeness (QED) is 0.640. The lowest BCUT2D eigenvalue weighted by Crippen LogP contribution is -2.32. The van der Waals surface area contributed by atoms with Crippen LogP contribution in [-0.4, -0.2) is 27.4 Å². The molecule has 29 heavy (non-hydrogen) atoms. The van der Waals surface area contributed by atoms with Crippen molar-refractivity contribution < 1.29 is 9.59 Å². The molecular formula is C23H26N4O2. The number of benzene rings is 2. The summed E-state index contributed by atoms with van der Waals surface area (Å²) in [5, 5.41) is 5.79. The second-order valence-electron chi connectivity index (χ2n) is 7.08. The number of aryl methyl sites for hydroxylation is 1. The molecule has 3 rings (SSSR count). The van der Waals surface area contributed by atoms with Gasteiger partial charge in [0.05, 0.1) is 11.3 Å². The van der Waals surface area contributed by atoms with Crippen LogP contribution in [0.2, 0.25) is 0 Å². The third-order valence-corrected chi connectivity index (χ3v) is 4.90. The molecule has 0 saturated heterocycles. The lowest BCUT2D eigenvalue weighted by atomic mass is 10.1. The smallest absolute Gasteiger partial charge is 0.255 e. The Morgan fingerprint density at radius 3 is 2.45 bits per heavy atom. The zero-order valence-corrected chi connectivity index (χ0v) is 17.0. The number of carbonyl (C=O) groups is 2. The van der Waals surface area contributed by atoms with Crippen LogP contribution in [0, 0.1) is 6.92 Å². The molecule has 2 amide bonds. The molecule has 0 aliphatic rings. The fraction of sp³-hybridized carbons (Fsp3) is 0.261. The monoisotopic (exact) mass is 390 g/mol. The highest BCUT2D eigenvalue weighted by atomic mass is 16.2. The molecule has 0 unspecified atom stereocenters. The molecule has 0 fully saturated rings. The van der Waals surface area contributed by atoms with Crippen LogP contribution < -0.4 is 10.6 Å². The second-order valence-corrected chi connectivity index (χ2v) is 7.08. The van der Waals surface area contributed by atoms with Gasteiger partial charge in [0.15, 0.2) is 0 Å². The van der Waals surface area contributed by atoms with Gasteiger partial charge in [-0.1, -0.05) is 31.2 Å². The first-order valence-corrected chi connectivity index (χ1v) is 9.76. The van der Waals surface area contributed by atoms with Crippen molar-refractivity contribution in [1.82, 2.24) is 14.9 Å². The van der Waals surface area contributed by atoms with E-state index < -0.39 is 0 Å². The Morgan fingerprint density at radius 2 is 1.79 bits per heavy atom. The van der Waals surface area contributed by atoms with Gasteiger partial charge in [-0.2, -0.15) is 0 Å². The summed E-state index contributed by atoms with van der Waals surface area (Å²) in [5.74, 6) is 0.500. The van der Waals surface area contributed by atoms with E-state index in [0.717, 1.165) is 17.8 Å².